The molecule has 0 atom stereocenters. The van der Waals surface area contributed by atoms with E-state index in [0.29, 0.717) is 13.2 Å². The van der Waals surface area contributed by atoms with Gasteiger partial charge in [0.2, 0.25) is 0 Å². The fourth-order valence-corrected chi connectivity index (χ4v) is 2.88. The molecular formula is C8H20O2Si. The maximum absolute atomic E-state index is 8.49. The minimum absolute atomic E-state index is 0.148. The van der Waals surface area contributed by atoms with Gasteiger partial charge in [-0.15, -0.1) is 0 Å². The van der Waals surface area contributed by atoms with Crippen LogP contribution in [0.15, 0.2) is 0 Å². The predicted molar refractivity (Wildman–Crippen MR) is 50.8 cm³/mol. The quantitative estimate of drug-likeness (QED) is 0.418. The highest BCUT2D eigenvalue weighted by atomic mass is 28.2. The van der Waals surface area contributed by atoms with E-state index in [9.17, 15) is 0 Å². The first-order chi connectivity index (χ1) is 5.41. The van der Waals surface area contributed by atoms with Gasteiger partial charge in [-0.2, -0.15) is 0 Å². The monoisotopic (exact) mass is 176 g/mol. The lowest BCUT2D eigenvalue weighted by Crippen LogP contribution is -1.92. The lowest BCUT2D eigenvalue weighted by molar-refractivity contribution is 0.286. The van der Waals surface area contributed by atoms with Crippen molar-refractivity contribution in [2.45, 2.75) is 37.8 Å². The number of aliphatic hydroxyl groups is 2. The Morgan fingerprint density at radius 3 is 1.55 bits per heavy atom. The van der Waals surface area contributed by atoms with Crippen LogP contribution in [0.25, 0.3) is 0 Å². The third-order valence-electron chi connectivity index (χ3n) is 1.82. The van der Waals surface area contributed by atoms with Gasteiger partial charge >= 0.3 is 0 Å². The van der Waals surface area contributed by atoms with Gasteiger partial charge in [-0.1, -0.05) is 24.9 Å². The molecule has 0 spiro atoms. The molecule has 11 heavy (non-hydrogen) atoms. The number of hydrogen-bond donors (Lipinski definition) is 2. The van der Waals surface area contributed by atoms with Gasteiger partial charge in [-0.3, -0.25) is 0 Å². The Morgan fingerprint density at radius 1 is 0.727 bits per heavy atom. The Balaban J connectivity index is 2.69. The molecule has 0 rings (SSSR count). The lowest BCUT2D eigenvalue weighted by atomic mass is 10.4. The maximum Gasteiger partial charge on any atom is 0.0430 e. The molecule has 0 aromatic rings. The number of aliphatic hydroxyl groups excluding tert-OH is 2. The van der Waals surface area contributed by atoms with E-state index in [1.54, 1.807) is 0 Å². The van der Waals surface area contributed by atoms with E-state index in [4.69, 9.17) is 10.2 Å². The van der Waals surface area contributed by atoms with Crippen molar-refractivity contribution in [3.8, 4) is 0 Å². The van der Waals surface area contributed by atoms with Crippen molar-refractivity contribution >= 4 is 9.52 Å². The largest absolute Gasteiger partial charge is 0.396 e. The molecule has 0 saturated heterocycles. The van der Waals surface area contributed by atoms with Crippen molar-refractivity contribution in [3.63, 3.8) is 0 Å². The number of unbranched alkanes of at least 4 members (excludes halogenated alkanes) is 2. The summed E-state index contributed by atoms with van der Waals surface area (Å²) in [4.78, 5) is 0. The van der Waals surface area contributed by atoms with Crippen LogP contribution in [0.1, 0.15) is 25.7 Å². The van der Waals surface area contributed by atoms with Gasteiger partial charge in [-0.05, 0) is 12.8 Å². The summed E-state index contributed by atoms with van der Waals surface area (Å²) in [7, 11) is 0.148. The predicted octanol–water partition coefficient (Wildman–Crippen LogP) is 0.537. The highest BCUT2D eigenvalue weighted by molar-refractivity contribution is 6.35. The van der Waals surface area contributed by atoms with Gasteiger partial charge in [0, 0.05) is 22.7 Å². The molecule has 0 bridgehead atoms. The Hall–Kier alpha value is 0.137. The minimum Gasteiger partial charge on any atom is -0.396 e. The van der Waals surface area contributed by atoms with E-state index in [1.165, 1.54) is 24.9 Å². The van der Waals surface area contributed by atoms with Gasteiger partial charge < -0.3 is 10.2 Å². The minimum atomic E-state index is 0.148. The Labute approximate surface area is 71.5 Å². The SMILES string of the molecule is OCCCC[SiH2]CCCCO. The van der Waals surface area contributed by atoms with Crippen LogP contribution in [0.3, 0.4) is 0 Å². The van der Waals surface area contributed by atoms with E-state index in [1.807, 2.05) is 0 Å². The van der Waals surface area contributed by atoms with E-state index in [0.717, 1.165) is 12.8 Å². The van der Waals surface area contributed by atoms with Crippen molar-refractivity contribution < 1.29 is 10.2 Å². The molecular weight excluding hydrogens is 156 g/mol. The van der Waals surface area contributed by atoms with Crippen molar-refractivity contribution in [3.05, 3.63) is 0 Å². The van der Waals surface area contributed by atoms with Crippen molar-refractivity contribution in [1.29, 1.82) is 0 Å². The van der Waals surface area contributed by atoms with Gasteiger partial charge in [0.05, 0.1) is 0 Å². The standard InChI is InChI=1S/C8H20O2Si/c9-5-1-3-7-11-8-4-2-6-10/h9-10H,1-8,11H2. The van der Waals surface area contributed by atoms with Crippen molar-refractivity contribution in [2.24, 2.45) is 0 Å². The number of hydrogen-bond acceptors (Lipinski definition) is 2. The zero-order chi connectivity index (χ0) is 8.36. The van der Waals surface area contributed by atoms with Crippen LogP contribution < -0.4 is 0 Å². The van der Waals surface area contributed by atoms with Crippen molar-refractivity contribution in [2.75, 3.05) is 13.2 Å². The zero-order valence-corrected chi connectivity index (χ0v) is 8.67. The Kier molecular flexibility index (Phi) is 10.3. The van der Waals surface area contributed by atoms with E-state index in [2.05, 4.69) is 0 Å². The van der Waals surface area contributed by atoms with E-state index < -0.39 is 0 Å². The molecule has 2 N–H and O–H groups in total. The summed E-state index contributed by atoms with van der Waals surface area (Å²) in [5.74, 6) is 0. The first-order valence-electron chi connectivity index (χ1n) is 4.63. The van der Waals surface area contributed by atoms with E-state index in [-0.39, 0.29) is 9.52 Å². The Morgan fingerprint density at radius 2 is 1.18 bits per heavy atom. The van der Waals surface area contributed by atoms with Gasteiger partial charge in [0.1, 0.15) is 0 Å². The molecule has 0 aliphatic rings. The lowest BCUT2D eigenvalue weighted by Gasteiger charge is -1.97. The van der Waals surface area contributed by atoms with Crippen LogP contribution >= 0.6 is 0 Å². The molecule has 0 unspecified atom stereocenters. The van der Waals surface area contributed by atoms with Crippen molar-refractivity contribution in [1.82, 2.24) is 0 Å². The summed E-state index contributed by atoms with van der Waals surface area (Å²) in [6, 6.07) is 2.73. The molecule has 3 heteroatoms. The third-order valence-corrected chi connectivity index (χ3v) is 3.82. The first kappa shape index (κ1) is 11.1. The molecule has 0 aliphatic carbocycles. The van der Waals surface area contributed by atoms with Crippen LogP contribution in [0.5, 0.6) is 0 Å². The molecule has 0 aromatic heterocycles. The Bertz CT molecular complexity index is 61.1. The van der Waals surface area contributed by atoms with Crippen LogP contribution in [-0.2, 0) is 0 Å². The second kappa shape index (κ2) is 10.1. The average Bonchev–Trinajstić information content (AvgIpc) is 2.03. The third kappa shape index (κ3) is 10.1. The molecule has 0 aliphatic heterocycles. The molecule has 0 fully saturated rings. The molecule has 2 nitrogen and oxygen atoms in total. The van der Waals surface area contributed by atoms with Gasteiger partial charge in [0.25, 0.3) is 0 Å². The van der Waals surface area contributed by atoms with Crippen LogP contribution in [0, 0.1) is 0 Å². The summed E-state index contributed by atoms with van der Waals surface area (Å²) in [6.45, 7) is 0.704. The van der Waals surface area contributed by atoms with Crippen LogP contribution in [-0.4, -0.2) is 32.9 Å². The fourth-order valence-electron chi connectivity index (χ4n) is 1.11. The first-order valence-corrected chi connectivity index (χ1v) is 6.63. The zero-order valence-electron chi connectivity index (χ0n) is 7.26. The summed E-state index contributed by atoms with van der Waals surface area (Å²) < 4.78 is 0. The second-order valence-corrected chi connectivity index (χ2v) is 5.04. The molecule has 0 amide bonds. The topological polar surface area (TPSA) is 40.5 Å². The summed E-state index contributed by atoms with van der Waals surface area (Å²) >= 11 is 0. The molecule has 0 aromatic carbocycles. The molecule has 0 radical (unpaired) electrons. The summed E-state index contributed by atoms with van der Waals surface area (Å²) in [6.07, 6.45) is 4.38. The fraction of sp³-hybridized carbons (Fsp3) is 1.00. The molecule has 0 heterocycles. The highest BCUT2D eigenvalue weighted by Crippen LogP contribution is 2.00. The average molecular weight is 176 g/mol. The summed E-state index contributed by atoms with van der Waals surface area (Å²) in [5, 5.41) is 17.0. The second-order valence-electron chi connectivity index (χ2n) is 2.92. The van der Waals surface area contributed by atoms with Crippen LogP contribution in [0.4, 0.5) is 0 Å². The van der Waals surface area contributed by atoms with Crippen LogP contribution in [0.2, 0.25) is 12.1 Å². The van der Waals surface area contributed by atoms with Gasteiger partial charge in [-0.25, -0.2) is 0 Å². The highest BCUT2D eigenvalue weighted by Gasteiger charge is 1.90. The maximum atomic E-state index is 8.49. The molecule has 0 saturated carbocycles. The normalized spacial score (nSPS) is 10.4. The molecule has 68 valence electrons. The van der Waals surface area contributed by atoms with Gasteiger partial charge in [0.15, 0.2) is 0 Å². The smallest absolute Gasteiger partial charge is 0.0430 e. The van der Waals surface area contributed by atoms with E-state index >= 15 is 0 Å². The number of rotatable bonds is 8. The summed E-state index contributed by atoms with van der Waals surface area (Å²) in [5.41, 5.74) is 0.